The minimum absolute atomic E-state index is 0.0436. The van der Waals surface area contributed by atoms with Crippen LogP contribution in [-0.2, 0) is 31.5 Å². The third kappa shape index (κ3) is 6.46. The van der Waals surface area contributed by atoms with Crippen molar-refractivity contribution < 1.29 is 22.4 Å². The number of ether oxygens (including phenoxy) is 1. The van der Waals surface area contributed by atoms with E-state index in [4.69, 9.17) is 9.15 Å². The summed E-state index contributed by atoms with van der Waals surface area (Å²) in [5.74, 6) is 0.378. The summed E-state index contributed by atoms with van der Waals surface area (Å²) in [5.41, 5.74) is 0.972. The second-order valence-electron chi connectivity index (χ2n) is 9.91. The Hall–Kier alpha value is -2.16. The predicted octanol–water partition coefficient (Wildman–Crippen LogP) is 4.18. The van der Waals surface area contributed by atoms with Crippen molar-refractivity contribution in [2.75, 3.05) is 19.7 Å². The zero-order chi connectivity index (χ0) is 24.2. The maximum absolute atomic E-state index is 13.5. The fraction of sp³-hybridized carbons (Fsp3) is 0.560. The van der Waals surface area contributed by atoms with Gasteiger partial charge in [0.1, 0.15) is 5.76 Å². The van der Waals surface area contributed by atoms with E-state index in [2.05, 4.69) is 20.8 Å². The molecule has 0 N–H and O–H groups in total. The lowest BCUT2D eigenvalue weighted by molar-refractivity contribution is -0.134. The molecule has 0 bridgehead atoms. The van der Waals surface area contributed by atoms with Crippen LogP contribution >= 0.6 is 0 Å². The van der Waals surface area contributed by atoms with Gasteiger partial charge in [-0.05, 0) is 61.9 Å². The van der Waals surface area contributed by atoms with E-state index in [0.717, 1.165) is 18.4 Å². The lowest BCUT2D eigenvalue weighted by atomic mass is 9.87. The molecule has 0 spiro atoms. The first-order valence-corrected chi connectivity index (χ1v) is 13.0. The SMILES string of the molecule is CC(C)N(CC(=O)N(Cc1ccco1)CC1CCCO1)S(=O)(=O)c1ccc(C(C)(C)C)cc1. The van der Waals surface area contributed by atoms with Crippen LogP contribution < -0.4 is 0 Å². The van der Waals surface area contributed by atoms with Crippen LogP contribution in [0.25, 0.3) is 0 Å². The molecule has 0 aliphatic carbocycles. The molecule has 8 heteroatoms. The average Bonchev–Trinajstić information content (AvgIpc) is 3.45. The molecule has 1 unspecified atom stereocenters. The Morgan fingerprint density at radius 1 is 1.15 bits per heavy atom. The second-order valence-corrected chi connectivity index (χ2v) is 11.8. The molecule has 0 radical (unpaired) electrons. The monoisotopic (exact) mass is 476 g/mol. The molecule has 1 aromatic heterocycles. The summed E-state index contributed by atoms with van der Waals surface area (Å²) in [5, 5.41) is 0. The van der Waals surface area contributed by atoms with E-state index < -0.39 is 10.0 Å². The van der Waals surface area contributed by atoms with Crippen molar-refractivity contribution in [1.29, 1.82) is 0 Å². The van der Waals surface area contributed by atoms with Crippen molar-refractivity contribution in [3.63, 3.8) is 0 Å². The van der Waals surface area contributed by atoms with E-state index in [0.29, 0.717) is 18.9 Å². The molecule has 1 aliphatic heterocycles. The average molecular weight is 477 g/mol. The summed E-state index contributed by atoms with van der Waals surface area (Å²) in [6.07, 6.45) is 3.37. The van der Waals surface area contributed by atoms with Gasteiger partial charge in [0.2, 0.25) is 15.9 Å². The van der Waals surface area contributed by atoms with E-state index >= 15 is 0 Å². The molecular formula is C25H36N2O5S. The van der Waals surface area contributed by atoms with Gasteiger partial charge in [-0.3, -0.25) is 4.79 Å². The molecule has 7 nitrogen and oxygen atoms in total. The van der Waals surface area contributed by atoms with E-state index in [9.17, 15) is 13.2 Å². The molecule has 2 aromatic rings. The number of nitrogens with zero attached hydrogens (tertiary/aromatic N) is 2. The Morgan fingerprint density at radius 3 is 2.36 bits per heavy atom. The smallest absolute Gasteiger partial charge is 0.243 e. The van der Waals surface area contributed by atoms with Crippen LogP contribution in [0, 0.1) is 0 Å². The molecule has 0 saturated carbocycles. The standard InChI is InChI=1S/C25H36N2O5S/c1-19(2)27(33(29,30)23-12-10-20(11-13-23)25(3,4)5)18-24(28)26(16-21-8-6-14-31-21)17-22-9-7-15-32-22/h6,8,10-14,19,22H,7,9,15-18H2,1-5H3. The Morgan fingerprint density at radius 2 is 1.85 bits per heavy atom. The van der Waals surface area contributed by atoms with Gasteiger partial charge in [0, 0.05) is 19.2 Å². The minimum atomic E-state index is -3.85. The van der Waals surface area contributed by atoms with Gasteiger partial charge in [-0.25, -0.2) is 8.42 Å². The molecule has 3 rings (SSSR count). The van der Waals surface area contributed by atoms with E-state index in [1.807, 2.05) is 18.2 Å². The van der Waals surface area contributed by atoms with Crippen LogP contribution in [0.3, 0.4) is 0 Å². The van der Waals surface area contributed by atoms with Gasteiger partial charge >= 0.3 is 0 Å². The first kappa shape index (κ1) is 25.5. The first-order valence-electron chi connectivity index (χ1n) is 11.5. The minimum Gasteiger partial charge on any atom is -0.467 e. The largest absolute Gasteiger partial charge is 0.467 e. The van der Waals surface area contributed by atoms with Gasteiger partial charge in [-0.15, -0.1) is 0 Å². The van der Waals surface area contributed by atoms with E-state index in [1.54, 1.807) is 43.2 Å². The van der Waals surface area contributed by atoms with Crippen molar-refractivity contribution >= 4 is 15.9 Å². The summed E-state index contributed by atoms with van der Waals surface area (Å²) in [6, 6.07) is 10.1. The number of carbonyl (C=O) groups is 1. The first-order chi connectivity index (χ1) is 15.5. The fourth-order valence-electron chi connectivity index (χ4n) is 3.92. The van der Waals surface area contributed by atoms with Gasteiger partial charge in [0.05, 0.1) is 30.4 Å². The number of rotatable bonds is 9. The number of amides is 1. The van der Waals surface area contributed by atoms with Crippen molar-refractivity contribution in [3.8, 4) is 0 Å². The molecule has 2 heterocycles. The van der Waals surface area contributed by atoms with Gasteiger partial charge in [0.15, 0.2) is 0 Å². The lowest BCUT2D eigenvalue weighted by Gasteiger charge is -2.30. The van der Waals surface area contributed by atoms with Gasteiger partial charge in [-0.2, -0.15) is 4.31 Å². The normalized spacial score (nSPS) is 17.1. The van der Waals surface area contributed by atoms with Crippen LogP contribution in [-0.4, -0.2) is 55.4 Å². The number of hydrogen-bond donors (Lipinski definition) is 0. The highest BCUT2D eigenvalue weighted by Crippen LogP contribution is 2.26. The molecule has 1 atom stereocenters. The number of sulfonamides is 1. The molecule has 182 valence electrons. The number of carbonyl (C=O) groups excluding carboxylic acids is 1. The zero-order valence-corrected chi connectivity index (χ0v) is 21.1. The Bertz CT molecular complexity index is 1000. The number of furan rings is 1. The Kier molecular flexibility index (Phi) is 8.03. The third-order valence-electron chi connectivity index (χ3n) is 5.92. The van der Waals surface area contributed by atoms with Gasteiger partial charge < -0.3 is 14.1 Å². The molecule has 33 heavy (non-hydrogen) atoms. The Balaban J connectivity index is 1.81. The van der Waals surface area contributed by atoms with Crippen molar-refractivity contribution in [3.05, 3.63) is 54.0 Å². The summed E-state index contributed by atoms with van der Waals surface area (Å²) < 4.78 is 39.4. The topological polar surface area (TPSA) is 80.1 Å². The summed E-state index contributed by atoms with van der Waals surface area (Å²) >= 11 is 0. The summed E-state index contributed by atoms with van der Waals surface area (Å²) in [6.45, 7) is 10.9. The maximum Gasteiger partial charge on any atom is 0.243 e. The summed E-state index contributed by atoms with van der Waals surface area (Å²) in [7, 11) is -3.85. The van der Waals surface area contributed by atoms with E-state index in [-0.39, 0.29) is 41.5 Å². The molecule has 1 aliphatic rings. The van der Waals surface area contributed by atoms with Crippen LogP contribution in [0.15, 0.2) is 52.0 Å². The molecule has 1 aromatic carbocycles. The quantitative estimate of drug-likeness (QED) is 0.542. The fourth-order valence-corrected chi connectivity index (χ4v) is 5.51. The number of hydrogen-bond acceptors (Lipinski definition) is 5. The van der Waals surface area contributed by atoms with Crippen molar-refractivity contribution in [2.45, 2.75) is 76.5 Å². The molecule has 1 amide bonds. The Labute approximate surface area is 197 Å². The van der Waals surface area contributed by atoms with Crippen LogP contribution in [0.1, 0.15) is 58.8 Å². The number of benzene rings is 1. The predicted molar refractivity (Wildman–Crippen MR) is 127 cm³/mol. The third-order valence-corrected chi connectivity index (χ3v) is 7.96. The van der Waals surface area contributed by atoms with Crippen LogP contribution in [0.2, 0.25) is 0 Å². The zero-order valence-electron chi connectivity index (χ0n) is 20.3. The second kappa shape index (κ2) is 10.4. The van der Waals surface area contributed by atoms with E-state index in [1.165, 1.54) is 4.31 Å². The highest BCUT2D eigenvalue weighted by molar-refractivity contribution is 7.89. The molecule has 1 fully saturated rings. The maximum atomic E-state index is 13.5. The van der Waals surface area contributed by atoms with Crippen molar-refractivity contribution in [2.24, 2.45) is 0 Å². The lowest BCUT2D eigenvalue weighted by Crippen LogP contribution is -2.47. The molecule has 1 saturated heterocycles. The highest BCUT2D eigenvalue weighted by atomic mass is 32.2. The van der Waals surface area contributed by atoms with Crippen LogP contribution in [0.5, 0.6) is 0 Å². The summed E-state index contributed by atoms with van der Waals surface area (Å²) in [4.78, 5) is 15.2. The van der Waals surface area contributed by atoms with Gasteiger partial charge in [-0.1, -0.05) is 32.9 Å². The highest BCUT2D eigenvalue weighted by Gasteiger charge is 2.32. The molecular weight excluding hydrogens is 440 g/mol. The van der Waals surface area contributed by atoms with Crippen LogP contribution in [0.4, 0.5) is 0 Å². The van der Waals surface area contributed by atoms with Gasteiger partial charge in [0.25, 0.3) is 0 Å². The van der Waals surface area contributed by atoms with Crippen molar-refractivity contribution in [1.82, 2.24) is 9.21 Å².